The molecule has 0 aromatic rings. The van der Waals surface area contributed by atoms with Crippen LogP contribution in [0.1, 0.15) is 39.0 Å². The average molecular weight is 242 g/mol. The SMILES string of the molecule is CN(C)CC(=O)N[C@](C)(CO)C1CCCCC1. The van der Waals surface area contributed by atoms with E-state index in [-0.39, 0.29) is 12.5 Å². The molecule has 1 atom stereocenters. The lowest BCUT2D eigenvalue weighted by Crippen LogP contribution is -2.56. The molecule has 1 amide bonds. The molecule has 0 radical (unpaired) electrons. The van der Waals surface area contributed by atoms with Gasteiger partial charge >= 0.3 is 0 Å². The number of rotatable bonds is 5. The predicted molar refractivity (Wildman–Crippen MR) is 68.8 cm³/mol. The van der Waals surface area contributed by atoms with E-state index in [1.807, 2.05) is 25.9 Å². The summed E-state index contributed by atoms with van der Waals surface area (Å²) in [7, 11) is 3.74. The van der Waals surface area contributed by atoms with E-state index < -0.39 is 5.54 Å². The maximum absolute atomic E-state index is 11.8. The van der Waals surface area contributed by atoms with Gasteiger partial charge in [0.05, 0.1) is 18.7 Å². The number of carbonyl (C=O) groups is 1. The average Bonchev–Trinajstić information content (AvgIpc) is 2.29. The molecule has 0 heterocycles. The fourth-order valence-electron chi connectivity index (χ4n) is 2.66. The molecule has 100 valence electrons. The molecule has 0 spiro atoms. The van der Waals surface area contributed by atoms with Gasteiger partial charge in [-0.2, -0.15) is 0 Å². The third kappa shape index (κ3) is 4.28. The lowest BCUT2D eigenvalue weighted by molar-refractivity contribution is -0.125. The Bertz CT molecular complexity index is 250. The van der Waals surface area contributed by atoms with Crippen molar-refractivity contribution in [3.05, 3.63) is 0 Å². The van der Waals surface area contributed by atoms with Crippen LogP contribution in [0.3, 0.4) is 0 Å². The van der Waals surface area contributed by atoms with Crippen LogP contribution in [0.2, 0.25) is 0 Å². The van der Waals surface area contributed by atoms with Crippen LogP contribution in [0.25, 0.3) is 0 Å². The van der Waals surface area contributed by atoms with Gasteiger partial charge in [0.15, 0.2) is 0 Å². The van der Waals surface area contributed by atoms with Gasteiger partial charge in [0.1, 0.15) is 0 Å². The summed E-state index contributed by atoms with van der Waals surface area (Å²) in [6.07, 6.45) is 5.93. The van der Waals surface area contributed by atoms with Gasteiger partial charge in [0, 0.05) is 0 Å². The van der Waals surface area contributed by atoms with Crippen molar-refractivity contribution in [2.45, 2.75) is 44.6 Å². The van der Waals surface area contributed by atoms with Crippen molar-refractivity contribution >= 4 is 5.91 Å². The Kier molecular flexibility index (Phi) is 5.40. The summed E-state index contributed by atoms with van der Waals surface area (Å²) in [5.74, 6) is 0.407. The molecule has 0 saturated heterocycles. The summed E-state index contributed by atoms with van der Waals surface area (Å²) in [5, 5.41) is 12.6. The van der Waals surface area contributed by atoms with Gasteiger partial charge in [0.2, 0.25) is 5.91 Å². The lowest BCUT2D eigenvalue weighted by Gasteiger charge is -2.39. The van der Waals surface area contributed by atoms with Crippen LogP contribution in [0.15, 0.2) is 0 Å². The predicted octanol–water partition coefficient (Wildman–Crippen LogP) is 0.995. The van der Waals surface area contributed by atoms with Gasteiger partial charge in [-0.25, -0.2) is 0 Å². The van der Waals surface area contributed by atoms with Crippen LogP contribution in [-0.4, -0.2) is 48.7 Å². The van der Waals surface area contributed by atoms with Crippen molar-refractivity contribution in [2.24, 2.45) is 5.92 Å². The lowest BCUT2D eigenvalue weighted by atomic mass is 9.76. The third-order valence-corrected chi connectivity index (χ3v) is 3.72. The molecule has 17 heavy (non-hydrogen) atoms. The topological polar surface area (TPSA) is 52.6 Å². The van der Waals surface area contributed by atoms with E-state index in [0.29, 0.717) is 12.5 Å². The number of nitrogens with one attached hydrogen (secondary N) is 1. The van der Waals surface area contributed by atoms with E-state index in [1.165, 1.54) is 19.3 Å². The van der Waals surface area contributed by atoms with E-state index in [1.54, 1.807) is 0 Å². The number of hydrogen-bond acceptors (Lipinski definition) is 3. The van der Waals surface area contributed by atoms with Crippen LogP contribution in [0.5, 0.6) is 0 Å². The molecule has 1 fully saturated rings. The maximum Gasteiger partial charge on any atom is 0.234 e. The van der Waals surface area contributed by atoms with E-state index >= 15 is 0 Å². The number of aliphatic hydroxyl groups excluding tert-OH is 1. The van der Waals surface area contributed by atoms with Crippen molar-refractivity contribution in [1.82, 2.24) is 10.2 Å². The van der Waals surface area contributed by atoms with Crippen molar-refractivity contribution < 1.29 is 9.90 Å². The Morgan fingerprint density at radius 3 is 2.41 bits per heavy atom. The molecular weight excluding hydrogens is 216 g/mol. The fourth-order valence-corrected chi connectivity index (χ4v) is 2.66. The van der Waals surface area contributed by atoms with Crippen molar-refractivity contribution in [3.63, 3.8) is 0 Å². The Balaban J connectivity index is 2.57. The van der Waals surface area contributed by atoms with Crippen LogP contribution in [-0.2, 0) is 4.79 Å². The minimum absolute atomic E-state index is 0.00266. The minimum Gasteiger partial charge on any atom is -0.394 e. The molecule has 4 heteroatoms. The van der Waals surface area contributed by atoms with Crippen LogP contribution in [0, 0.1) is 5.92 Å². The van der Waals surface area contributed by atoms with Gasteiger partial charge < -0.3 is 15.3 Å². The molecule has 0 aliphatic heterocycles. The Morgan fingerprint density at radius 2 is 1.94 bits per heavy atom. The second kappa shape index (κ2) is 6.36. The number of aliphatic hydroxyl groups is 1. The van der Waals surface area contributed by atoms with Gasteiger partial charge in [-0.3, -0.25) is 4.79 Å². The van der Waals surface area contributed by atoms with Gasteiger partial charge in [-0.15, -0.1) is 0 Å². The maximum atomic E-state index is 11.8. The van der Waals surface area contributed by atoms with Crippen LogP contribution in [0.4, 0.5) is 0 Å². The molecular formula is C13H26N2O2. The molecule has 1 aliphatic rings. The minimum atomic E-state index is -0.451. The Morgan fingerprint density at radius 1 is 1.35 bits per heavy atom. The van der Waals surface area contributed by atoms with Gasteiger partial charge in [-0.05, 0) is 39.8 Å². The van der Waals surface area contributed by atoms with Gasteiger partial charge in [0.25, 0.3) is 0 Å². The number of likely N-dealkylation sites (N-methyl/N-ethyl adjacent to an activating group) is 1. The molecule has 4 nitrogen and oxygen atoms in total. The van der Waals surface area contributed by atoms with Crippen LogP contribution >= 0.6 is 0 Å². The molecule has 2 N–H and O–H groups in total. The first-order chi connectivity index (χ1) is 7.98. The number of carbonyl (C=O) groups excluding carboxylic acids is 1. The second-order valence-corrected chi connectivity index (χ2v) is 5.70. The largest absolute Gasteiger partial charge is 0.394 e. The highest BCUT2D eigenvalue weighted by Gasteiger charge is 2.35. The summed E-state index contributed by atoms with van der Waals surface area (Å²) in [6.45, 7) is 2.37. The Hall–Kier alpha value is -0.610. The molecule has 1 aliphatic carbocycles. The van der Waals surface area contributed by atoms with E-state index in [2.05, 4.69) is 5.32 Å². The van der Waals surface area contributed by atoms with Crippen molar-refractivity contribution in [3.8, 4) is 0 Å². The zero-order valence-corrected chi connectivity index (χ0v) is 11.3. The van der Waals surface area contributed by atoms with E-state index in [9.17, 15) is 9.90 Å². The zero-order valence-electron chi connectivity index (χ0n) is 11.3. The van der Waals surface area contributed by atoms with Crippen molar-refractivity contribution in [2.75, 3.05) is 27.2 Å². The normalized spacial score (nSPS) is 21.2. The first kappa shape index (κ1) is 14.5. The monoisotopic (exact) mass is 242 g/mol. The Labute approximate surface area is 104 Å². The summed E-state index contributed by atoms with van der Waals surface area (Å²) in [6, 6.07) is 0. The second-order valence-electron chi connectivity index (χ2n) is 5.70. The number of nitrogens with zero attached hydrogens (tertiary/aromatic N) is 1. The smallest absolute Gasteiger partial charge is 0.234 e. The highest BCUT2D eigenvalue weighted by molar-refractivity contribution is 5.78. The quantitative estimate of drug-likeness (QED) is 0.756. The molecule has 0 bridgehead atoms. The highest BCUT2D eigenvalue weighted by Crippen LogP contribution is 2.32. The van der Waals surface area contributed by atoms with Gasteiger partial charge in [-0.1, -0.05) is 19.3 Å². The van der Waals surface area contributed by atoms with Crippen molar-refractivity contribution in [1.29, 1.82) is 0 Å². The first-order valence-electron chi connectivity index (χ1n) is 6.54. The molecule has 0 aromatic carbocycles. The van der Waals surface area contributed by atoms with E-state index in [4.69, 9.17) is 0 Å². The molecule has 0 aromatic heterocycles. The van der Waals surface area contributed by atoms with E-state index in [0.717, 1.165) is 12.8 Å². The standard InChI is InChI=1S/C13H26N2O2/c1-13(10-16,11-7-5-4-6-8-11)14-12(17)9-15(2)3/h11,16H,4-10H2,1-3H3,(H,14,17)/t13-/m1/s1. The number of hydrogen-bond donors (Lipinski definition) is 2. The summed E-state index contributed by atoms with van der Waals surface area (Å²) >= 11 is 0. The first-order valence-corrected chi connectivity index (χ1v) is 6.54. The number of amides is 1. The molecule has 1 rings (SSSR count). The third-order valence-electron chi connectivity index (χ3n) is 3.72. The highest BCUT2D eigenvalue weighted by atomic mass is 16.3. The molecule has 1 saturated carbocycles. The fraction of sp³-hybridized carbons (Fsp3) is 0.923. The summed E-state index contributed by atoms with van der Waals surface area (Å²) in [4.78, 5) is 13.6. The molecule has 0 unspecified atom stereocenters. The summed E-state index contributed by atoms with van der Waals surface area (Å²) < 4.78 is 0. The van der Waals surface area contributed by atoms with Crippen LogP contribution < -0.4 is 5.32 Å². The summed E-state index contributed by atoms with van der Waals surface area (Å²) in [5.41, 5.74) is -0.451. The zero-order chi connectivity index (χ0) is 12.9.